The van der Waals surface area contributed by atoms with E-state index in [0.717, 1.165) is 4.88 Å². The molecule has 1 saturated heterocycles. The predicted molar refractivity (Wildman–Crippen MR) is 99.2 cm³/mol. The third-order valence-corrected chi connectivity index (χ3v) is 6.93. The molecular formula is C17H17N3O5S2. The lowest BCUT2D eigenvalue weighted by molar-refractivity contribution is 0.0730. The summed E-state index contributed by atoms with van der Waals surface area (Å²) in [6, 6.07) is 10.2. The van der Waals surface area contributed by atoms with Gasteiger partial charge in [-0.2, -0.15) is 8.99 Å². The van der Waals surface area contributed by atoms with Crippen molar-refractivity contribution in [3.63, 3.8) is 0 Å². The Bertz CT molecular complexity index is 1080. The van der Waals surface area contributed by atoms with Crippen LogP contribution >= 0.6 is 11.3 Å². The fourth-order valence-corrected chi connectivity index (χ4v) is 4.94. The Hall–Kier alpha value is -2.27. The van der Waals surface area contributed by atoms with E-state index >= 15 is 0 Å². The maximum Gasteiger partial charge on any atom is 0.437 e. The molecule has 27 heavy (non-hydrogen) atoms. The van der Waals surface area contributed by atoms with Crippen LogP contribution in [0, 0.1) is 0 Å². The zero-order valence-corrected chi connectivity index (χ0v) is 15.9. The minimum Gasteiger partial charge on any atom is -0.387 e. The molecule has 0 atom stereocenters. The highest BCUT2D eigenvalue weighted by molar-refractivity contribution is 7.89. The molecule has 1 aliphatic rings. The molecule has 0 bridgehead atoms. The predicted octanol–water partition coefficient (Wildman–Crippen LogP) is 1.63. The first-order valence-electron chi connectivity index (χ1n) is 8.33. The van der Waals surface area contributed by atoms with E-state index in [0.29, 0.717) is 31.9 Å². The Morgan fingerprint density at radius 2 is 1.96 bits per heavy atom. The smallest absolute Gasteiger partial charge is 0.387 e. The van der Waals surface area contributed by atoms with Crippen LogP contribution in [0.1, 0.15) is 5.56 Å². The molecule has 142 valence electrons. The second kappa shape index (κ2) is 7.39. The fraction of sp³-hybridized carbons (Fsp3) is 0.294. The molecule has 0 N–H and O–H groups in total. The summed E-state index contributed by atoms with van der Waals surface area (Å²) < 4.78 is 38.6. The second-order valence-corrected chi connectivity index (χ2v) is 8.86. The average Bonchev–Trinajstić information content (AvgIpc) is 3.33. The molecule has 0 unspecified atom stereocenters. The number of hydrogen-bond acceptors (Lipinski definition) is 7. The highest BCUT2D eigenvalue weighted by atomic mass is 32.2. The summed E-state index contributed by atoms with van der Waals surface area (Å²) in [5, 5.41) is 6.07. The summed E-state index contributed by atoms with van der Waals surface area (Å²) in [5.74, 6) is -0.327. The van der Waals surface area contributed by atoms with E-state index in [2.05, 4.69) is 5.10 Å². The monoisotopic (exact) mass is 407 g/mol. The van der Waals surface area contributed by atoms with Gasteiger partial charge in [-0.3, -0.25) is 0 Å². The van der Waals surface area contributed by atoms with Gasteiger partial charge in [0.15, 0.2) is 0 Å². The lowest BCUT2D eigenvalue weighted by Gasteiger charge is -2.26. The van der Waals surface area contributed by atoms with Gasteiger partial charge in [-0.05, 0) is 29.1 Å². The molecule has 1 aromatic carbocycles. The van der Waals surface area contributed by atoms with Crippen molar-refractivity contribution in [2.24, 2.45) is 0 Å². The van der Waals surface area contributed by atoms with Gasteiger partial charge in [-0.15, -0.1) is 16.4 Å². The molecule has 8 nitrogen and oxygen atoms in total. The molecule has 0 amide bonds. The van der Waals surface area contributed by atoms with Crippen LogP contribution < -0.4 is 5.76 Å². The molecular weight excluding hydrogens is 390 g/mol. The van der Waals surface area contributed by atoms with Crippen molar-refractivity contribution < 1.29 is 17.6 Å². The van der Waals surface area contributed by atoms with Crippen molar-refractivity contribution >= 4 is 21.4 Å². The first kappa shape index (κ1) is 18.1. The Balaban J connectivity index is 1.59. The van der Waals surface area contributed by atoms with E-state index in [1.165, 1.54) is 20.3 Å². The summed E-state index contributed by atoms with van der Waals surface area (Å²) in [6.07, 6.45) is 0. The van der Waals surface area contributed by atoms with Gasteiger partial charge < -0.3 is 9.15 Å². The van der Waals surface area contributed by atoms with Gasteiger partial charge >= 0.3 is 5.76 Å². The zero-order chi connectivity index (χ0) is 18.9. The van der Waals surface area contributed by atoms with Crippen LogP contribution in [-0.2, 0) is 21.3 Å². The molecule has 0 saturated carbocycles. The SMILES string of the molecule is O=c1oc(-c2cccs2)nn1Cc1cccc(S(=O)(=O)N2CCOCC2)c1. The number of thiophene rings is 1. The number of aromatic nitrogens is 2. The molecule has 10 heteroatoms. The third kappa shape index (κ3) is 3.74. The first-order valence-corrected chi connectivity index (χ1v) is 10.6. The topological polar surface area (TPSA) is 94.6 Å². The van der Waals surface area contributed by atoms with Gasteiger partial charge in [-0.1, -0.05) is 18.2 Å². The van der Waals surface area contributed by atoms with E-state index in [1.54, 1.807) is 24.3 Å². The molecule has 2 aromatic heterocycles. The van der Waals surface area contributed by atoms with Crippen LogP contribution in [0.5, 0.6) is 0 Å². The second-order valence-electron chi connectivity index (χ2n) is 5.97. The van der Waals surface area contributed by atoms with E-state index in [-0.39, 0.29) is 17.3 Å². The van der Waals surface area contributed by atoms with Gasteiger partial charge in [-0.25, -0.2) is 13.2 Å². The Kier molecular flexibility index (Phi) is 4.96. The molecule has 3 heterocycles. The summed E-state index contributed by atoms with van der Waals surface area (Å²) in [7, 11) is -3.59. The van der Waals surface area contributed by atoms with Gasteiger partial charge in [0.1, 0.15) is 0 Å². The molecule has 0 aliphatic carbocycles. The van der Waals surface area contributed by atoms with Gasteiger partial charge in [0, 0.05) is 13.1 Å². The van der Waals surface area contributed by atoms with Crippen molar-refractivity contribution in [2.45, 2.75) is 11.4 Å². The molecule has 1 aliphatic heterocycles. The van der Waals surface area contributed by atoms with Crippen LogP contribution in [0.25, 0.3) is 10.8 Å². The Morgan fingerprint density at radius 3 is 2.70 bits per heavy atom. The minimum absolute atomic E-state index is 0.125. The molecule has 0 spiro atoms. The minimum atomic E-state index is -3.59. The van der Waals surface area contributed by atoms with E-state index < -0.39 is 15.8 Å². The van der Waals surface area contributed by atoms with Crippen LogP contribution in [-0.4, -0.2) is 48.8 Å². The van der Waals surface area contributed by atoms with Crippen molar-refractivity contribution in [3.8, 4) is 10.8 Å². The Labute approximate surface area is 159 Å². The summed E-state index contributed by atoms with van der Waals surface area (Å²) >= 11 is 1.42. The van der Waals surface area contributed by atoms with Crippen LogP contribution in [0.15, 0.2) is 55.9 Å². The van der Waals surface area contributed by atoms with Gasteiger partial charge in [0.25, 0.3) is 5.89 Å². The van der Waals surface area contributed by atoms with E-state index in [4.69, 9.17) is 9.15 Å². The van der Waals surface area contributed by atoms with Crippen molar-refractivity contribution in [3.05, 3.63) is 57.9 Å². The summed E-state index contributed by atoms with van der Waals surface area (Å²) in [4.78, 5) is 13.0. The number of nitrogens with zero attached hydrogens (tertiary/aromatic N) is 3. The fourth-order valence-electron chi connectivity index (χ4n) is 2.82. The molecule has 4 rings (SSSR count). The summed E-state index contributed by atoms with van der Waals surface area (Å²) in [5.41, 5.74) is 0.650. The zero-order valence-electron chi connectivity index (χ0n) is 14.3. The quantitative estimate of drug-likeness (QED) is 0.638. The number of benzene rings is 1. The number of sulfonamides is 1. The van der Waals surface area contributed by atoms with E-state index in [9.17, 15) is 13.2 Å². The Morgan fingerprint density at radius 1 is 1.15 bits per heavy atom. The normalized spacial score (nSPS) is 15.9. The van der Waals surface area contributed by atoms with Crippen molar-refractivity contribution in [1.82, 2.24) is 14.1 Å². The number of rotatable bonds is 5. The lowest BCUT2D eigenvalue weighted by Crippen LogP contribution is -2.40. The van der Waals surface area contributed by atoms with Crippen LogP contribution in [0.3, 0.4) is 0 Å². The molecule has 0 radical (unpaired) electrons. The third-order valence-electron chi connectivity index (χ3n) is 4.18. The standard InChI is InChI=1S/C17H17N3O5S2/c21-17-20(18-16(25-17)15-5-2-10-26-15)12-13-3-1-4-14(11-13)27(22,23)19-6-8-24-9-7-19/h1-5,10-11H,6-9,12H2. The van der Waals surface area contributed by atoms with Gasteiger partial charge in [0.05, 0.1) is 29.5 Å². The van der Waals surface area contributed by atoms with Gasteiger partial charge in [0.2, 0.25) is 10.0 Å². The number of morpholine rings is 1. The largest absolute Gasteiger partial charge is 0.437 e. The van der Waals surface area contributed by atoms with Crippen LogP contribution in [0.2, 0.25) is 0 Å². The van der Waals surface area contributed by atoms with Crippen molar-refractivity contribution in [2.75, 3.05) is 26.3 Å². The van der Waals surface area contributed by atoms with Crippen LogP contribution in [0.4, 0.5) is 0 Å². The van der Waals surface area contributed by atoms with Crippen molar-refractivity contribution in [1.29, 1.82) is 0 Å². The number of ether oxygens (including phenoxy) is 1. The average molecular weight is 407 g/mol. The highest BCUT2D eigenvalue weighted by Gasteiger charge is 2.26. The lowest BCUT2D eigenvalue weighted by atomic mass is 10.2. The number of hydrogen-bond donors (Lipinski definition) is 0. The maximum absolute atomic E-state index is 12.8. The highest BCUT2D eigenvalue weighted by Crippen LogP contribution is 2.22. The molecule has 1 fully saturated rings. The maximum atomic E-state index is 12.8. The molecule has 3 aromatic rings. The summed E-state index contributed by atoms with van der Waals surface area (Å²) in [6.45, 7) is 1.57. The first-order chi connectivity index (χ1) is 13.0. The van der Waals surface area contributed by atoms with E-state index in [1.807, 2.05) is 17.5 Å².